The normalized spacial score (nSPS) is 9.38. The second-order valence-electron chi connectivity index (χ2n) is 2.32. The number of hydrogen-bond donors (Lipinski definition) is 0. The Morgan fingerprint density at radius 2 is 1.69 bits per heavy atom. The third-order valence-electron chi connectivity index (χ3n) is 1.63. The number of carboxylic acids is 1. The van der Waals surface area contributed by atoms with Crippen molar-refractivity contribution in [3.63, 3.8) is 0 Å². The topological polar surface area (TPSA) is 58.6 Å². The van der Waals surface area contributed by atoms with Gasteiger partial charge in [-0.1, -0.05) is 6.07 Å². The fourth-order valence-electron chi connectivity index (χ4n) is 1.05. The van der Waals surface area contributed by atoms with Gasteiger partial charge in [0.2, 0.25) is 0 Å². The van der Waals surface area contributed by atoms with Gasteiger partial charge in [-0.05, 0) is 12.1 Å². The number of carbonyl (C=O) groups excluding carboxylic acids is 1. The van der Waals surface area contributed by atoms with Crippen LogP contribution >= 0.6 is 0 Å². The predicted molar refractivity (Wildman–Crippen MR) is 43.9 cm³/mol. The van der Waals surface area contributed by atoms with Gasteiger partial charge in [0.05, 0.1) is 25.8 Å². The summed E-state index contributed by atoms with van der Waals surface area (Å²) >= 11 is 0. The zero-order chi connectivity index (χ0) is 9.84. The lowest BCUT2D eigenvalue weighted by Crippen LogP contribution is -2.23. The Morgan fingerprint density at radius 1 is 1.23 bits per heavy atom. The van der Waals surface area contributed by atoms with Crippen LogP contribution in [-0.4, -0.2) is 20.2 Å². The van der Waals surface area contributed by atoms with Gasteiger partial charge in [0.25, 0.3) is 0 Å². The summed E-state index contributed by atoms with van der Waals surface area (Å²) in [6.45, 7) is 0. The Hall–Kier alpha value is -1.71. The molecule has 0 amide bonds. The second kappa shape index (κ2) is 3.80. The van der Waals surface area contributed by atoms with Gasteiger partial charge in [-0.15, -0.1) is 0 Å². The molecule has 70 valence electrons. The molecule has 0 N–H and O–H groups in total. The molecule has 1 aromatic carbocycles. The van der Waals surface area contributed by atoms with E-state index in [2.05, 4.69) is 0 Å². The summed E-state index contributed by atoms with van der Waals surface area (Å²) in [6, 6.07) is 4.71. The Morgan fingerprint density at radius 3 is 2.00 bits per heavy atom. The summed E-state index contributed by atoms with van der Waals surface area (Å²) in [4.78, 5) is 10.7. The average molecular weight is 181 g/mol. The van der Waals surface area contributed by atoms with Crippen molar-refractivity contribution < 1.29 is 19.4 Å². The van der Waals surface area contributed by atoms with Crippen LogP contribution in [0.2, 0.25) is 0 Å². The van der Waals surface area contributed by atoms with Gasteiger partial charge in [0.15, 0.2) is 0 Å². The predicted octanol–water partition coefficient (Wildman–Crippen LogP) is 0.0673. The van der Waals surface area contributed by atoms with Gasteiger partial charge in [-0.2, -0.15) is 0 Å². The van der Waals surface area contributed by atoms with Crippen molar-refractivity contribution >= 4 is 5.97 Å². The van der Waals surface area contributed by atoms with Gasteiger partial charge in [0.1, 0.15) is 11.5 Å². The first-order valence-electron chi connectivity index (χ1n) is 3.63. The van der Waals surface area contributed by atoms with E-state index in [1.165, 1.54) is 26.4 Å². The van der Waals surface area contributed by atoms with Gasteiger partial charge in [0, 0.05) is 0 Å². The summed E-state index contributed by atoms with van der Waals surface area (Å²) in [7, 11) is 2.78. The second-order valence-corrected chi connectivity index (χ2v) is 2.32. The number of carboxylic acid groups (broad SMARTS) is 1. The molecule has 13 heavy (non-hydrogen) atoms. The number of rotatable bonds is 3. The number of ether oxygens (including phenoxy) is 2. The monoisotopic (exact) mass is 181 g/mol. The van der Waals surface area contributed by atoms with Crippen LogP contribution in [0, 0.1) is 0 Å². The molecule has 0 saturated heterocycles. The van der Waals surface area contributed by atoms with Gasteiger partial charge >= 0.3 is 0 Å². The zero-order valence-electron chi connectivity index (χ0n) is 7.37. The van der Waals surface area contributed by atoms with Crippen molar-refractivity contribution in [1.82, 2.24) is 0 Å². The first-order chi connectivity index (χ1) is 6.20. The van der Waals surface area contributed by atoms with E-state index >= 15 is 0 Å². The minimum atomic E-state index is -1.31. The molecule has 1 aromatic rings. The summed E-state index contributed by atoms with van der Waals surface area (Å²) in [5, 5.41) is 10.7. The molecule has 0 heterocycles. The van der Waals surface area contributed by atoms with Crippen LogP contribution in [0.1, 0.15) is 10.4 Å². The Labute approximate surface area is 75.7 Å². The van der Waals surface area contributed by atoms with Crippen LogP contribution in [0.3, 0.4) is 0 Å². The molecule has 0 aliphatic rings. The molecule has 4 nitrogen and oxygen atoms in total. The van der Waals surface area contributed by atoms with Crippen molar-refractivity contribution in [2.45, 2.75) is 0 Å². The highest BCUT2D eigenvalue weighted by Crippen LogP contribution is 2.26. The first kappa shape index (κ1) is 9.38. The van der Waals surface area contributed by atoms with Crippen LogP contribution < -0.4 is 14.6 Å². The van der Waals surface area contributed by atoms with Crippen LogP contribution in [0.15, 0.2) is 18.2 Å². The van der Waals surface area contributed by atoms with Crippen LogP contribution in [0.5, 0.6) is 11.5 Å². The summed E-state index contributed by atoms with van der Waals surface area (Å²) in [5.74, 6) is -0.840. The Bertz CT molecular complexity index is 297. The molecular weight excluding hydrogens is 172 g/mol. The quantitative estimate of drug-likeness (QED) is 0.662. The lowest BCUT2D eigenvalue weighted by atomic mass is 10.2. The average Bonchev–Trinajstić information content (AvgIpc) is 2.16. The van der Waals surface area contributed by atoms with E-state index in [-0.39, 0.29) is 17.1 Å². The van der Waals surface area contributed by atoms with Crippen LogP contribution in [0.4, 0.5) is 0 Å². The smallest absolute Gasteiger partial charge is 0.131 e. The minimum Gasteiger partial charge on any atom is -0.545 e. The Balaban J connectivity index is 3.29. The number of carbonyl (C=O) groups is 1. The molecule has 0 fully saturated rings. The van der Waals surface area contributed by atoms with E-state index in [4.69, 9.17) is 9.47 Å². The fourth-order valence-corrected chi connectivity index (χ4v) is 1.05. The van der Waals surface area contributed by atoms with Crippen molar-refractivity contribution in [1.29, 1.82) is 0 Å². The van der Waals surface area contributed by atoms with Gasteiger partial charge < -0.3 is 19.4 Å². The van der Waals surface area contributed by atoms with Crippen molar-refractivity contribution in [2.75, 3.05) is 14.2 Å². The molecule has 0 radical (unpaired) electrons. The number of methoxy groups -OCH3 is 2. The molecule has 0 aliphatic heterocycles. The van der Waals surface area contributed by atoms with E-state index in [0.29, 0.717) is 0 Å². The molecule has 1 rings (SSSR count). The Kier molecular flexibility index (Phi) is 2.74. The van der Waals surface area contributed by atoms with Gasteiger partial charge in [-0.3, -0.25) is 0 Å². The molecule has 4 heteroatoms. The van der Waals surface area contributed by atoms with Crippen molar-refractivity contribution in [3.05, 3.63) is 23.8 Å². The van der Waals surface area contributed by atoms with E-state index in [0.717, 1.165) is 0 Å². The number of aromatic carboxylic acids is 1. The summed E-state index contributed by atoms with van der Waals surface area (Å²) < 4.78 is 9.70. The third kappa shape index (κ3) is 1.72. The maximum atomic E-state index is 10.7. The highest BCUT2D eigenvalue weighted by Gasteiger charge is 2.09. The minimum absolute atomic E-state index is 0.0625. The standard InChI is InChI=1S/C9H10O4/c1-12-6-4-3-5-7(13-2)8(6)9(10)11/h3-5H,1-2H3,(H,10,11)/p-1. The van der Waals surface area contributed by atoms with Crippen LogP contribution in [-0.2, 0) is 0 Å². The molecule has 0 aromatic heterocycles. The molecule has 0 bridgehead atoms. The largest absolute Gasteiger partial charge is 0.545 e. The van der Waals surface area contributed by atoms with E-state index in [1.807, 2.05) is 0 Å². The van der Waals surface area contributed by atoms with Crippen molar-refractivity contribution in [2.24, 2.45) is 0 Å². The summed E-state index contributed by atoms with van der Waals surface area (Å²) in [5.41, 5.74) is -0.0625. The highest BCUT2D eigenvalue weighted by atomic mass is 16.5. The zero-order valence-corrected chi connectivity index (χ0v) is 7.37. The maximum Gasteiger partial charge on any atom is 0.131 e. The number of benzene rings is 1. The lowest BCUT2D eigenvalue weighted by Gasteiger charge is -2.12. The lowest BCUT2D eigenvalue weighted by molar-refractivity contribution is -0.255. The highest BCUT2D eigenvalue weighted by molar-refractivity contribution is 5.92. The first-order valence-corrected chi connectivity index (χ1v) is 3.63. The van der Waals surface area contributed by atoms with Crippen LogP contribution in [0.25, 0.3) is 0 Å². The fraction of sp³-hybridized carbons (Fsp3) is 0.222. The molecule has 0 spiro atoms. The van der Waals surface area contributed by atoms with E-state index < -0.39 is 5.97 Å². The molecule has 0 aliphatic carbocycles. The maximum absolute atomic E-state index is 10.7. The SMILES string of the molecule is COc1cccc(OC)c1C(=O)[O-]. The molecular formula is C9H9O4-. The van der Waals surface area contributed by atoms with E-state index in [9.17, 15) is 9.90 Å². The molecule has 0 atom stereocenters. The van der Waals surface area contributed by atoms with Crippen molar-refractivity contribution in [3.8, 4) is 11.5 Å². The molecule has 0 unspecified atom stereocenters. The summed E-state index contributed by atoms with van der Waals surface area (Å²) in [6.07, 6.45) is 0. The van der Waals surface area contributed by atoms with Gasteiger partial charge in [-0.25, -0.2) is 0 Å². The number of hydrogen-bond acceptors (Lipinski definition) is 4. The molecule has 0 saturated carbocycles. The third-order valence-corrected chi connectivity index (χ3v) is 1.63. The van der Waals surface area contributed by atoms with E-state index in [1.54, 1.807) is 6.07 Å².